The van der Waals surface area contributed by atoms with Gasteiger partial charge in [0.25, 0.3) is 0 Å². The molecule has 0 aromatic carbocycles. The molecule has 1 saturated heterocycles. The molecule has 0 aliphatic carbocycles. The second-order valence-corrected chi connectivity index (χ2v) is 7.41. The maximum atomic E-state index is 12.1. The molecule has 0 atom stereocenters. The van der Waals surface area contributed by atoms with E-state index in [1.54, 1.807) is 0 Å². The highest BCUT2D eigenvalue weighted by atomic mass is 35.5. The number of halogens is 1. The highest BCUT2D eigenvalue weighted by molar-refractivity contribution is 7.89. The standard InChI is InChI=1S/C8H10ClN3O3S2/c9-8-10-5-7(6-11-8)17(14,15)12-1-3-16(13)4-2-12/h5-6H,1-4H2. The maximum absolute atomic E-state index is 12.1. The monoisotopic (exact) mass is 295 g/mol. The Balaban J connectivity index is 2.24. The number of sulfonamides is 1. The average molecular weight is 296 g/mol. The molecule has 2 heterocycles. The van der Waals surface area contributed by atoms with Crippen LogP contribution in [0.4, 0.5) is 0 Å². The molecule has 2 rings (SSSR count). The normalized spacial score (nSPS) is 19.4. The van der Waals surface area contributed by atoms with Crippen LogP contribution in [0.1, 0.15) is 0 Å². The van der Waals surface area contributed by atoms with Crippen LogP contribution >= 0.6 is 11.6 Å². The topological polar surface area (TPSA) is 80.2 Å². The molecule has 1 aliphatic rings. The molecule has 0 N–H and O–H groups in total. The van der Waals surface area contributed by atoms with Crippen LogP contribution in [0.5, 0.6) is 0 Å². The number of hydrogen-bond donors (Lipinski definition) is 0. The van der Waals surface area contributed by atoms with Gasteiger partial charge in [-0.05, 0) is 11.6 Å². The van der Waals surface area contributed by atoms with Crippen molar-refractivity contribution >= 4 is 32.4 Å². The predicted octanol–water partition coefficient (Wildman–Crippen LogP) is -0.117. The fourth-order valence-corrected chi connectivity index (χ4v) is 4.16. The molecule has 1 aromatic rings. The molecule has 0 bridgehead atoms. The van der Waals surface area contributed by atoms with Crippen LogP contribution in [-0.2, 0) is 20.8 Å². The van der Waals surface area contributed by atoms with E-state index in [0.29, 0.717) is 11.5 Å². The van der Waals surface area contributed by atoms with Crippen molar-refractivity contribution < 1.29 is 12.6 Å². The molecule has 0 radical (unpaired) electrons. The third-order valence-corrected chi connectivity index (χ3v) is 5.69. The molecule has 0 saturated carbocycles. The van der Waals surface area contributed by atoms with E-state index < -0.39 is 20.8 Å². The lowest BCUT2D eigenvalue weighted by molar-refractivity contribution is 0.438. The highest BCUT2D eigenvalue weighted by Gasteiger charge is 2.28. The minimum Gasteiger partial charge on any atom is -0.259 e. The number of nitrogens with zero attached hydrogens (tertiary/aromatic N) is 3. The van der Waals surface area contributed by atoms with Crippen LogP contribution in [0, 0.1) is 0 Å². The van der Waals surface area contributed by atoms with Crippen molar-refractivity contribution in [3.05, 3.63) is 17.7 Å². The molecule has 0 spiro atoms. The van der Waals surface area contributed by atoms with Crippen molar-refractivity contribution in [2.24, 2.45) is 0 Å². The summed E-state index contributed by atoms with van der Waals surface area (Å²) >= 11 is 5.50. The van der Waals surface area contributed by atoms with E-state index >= 15 is 0 Å². The highest BCUT2D eigenvalue weighted by Crippen LogP contribution is 2.16. The minimum atomic E-state index is -3.59. The van der Waals surface area contributed by atoms with Crippen LogP contribution < -0.4 is 0 Å². The molecular formula is C8H10ClN3O3S2. The Labute approximate surface area is 107 Å². The molecule has 17 heavy (non-hydrogen) atoms. The van der Waals surface area contributed by atoms with E-state index in [4.69, 9.17) is 11.6 Å². The zero-order valence-corrected chi connectivity index (χ0v) is 11.1. The molecule has 9 heteroatoms. The first-order chi connectivity index (χ1) is 8.00. The van der Waals surface area contributed by atoms with Crippen LogP contribution in [0.2, 0.25) is 5.28 Å². The van der Waals surface area contributed by atoms with Crippen molar-refractivity contribution in [3.63, 3.8) is 0 Å². The van der Waals surface area contributed by atoms with Gasteiger partial charge in [-0.15, -0.1) is 0 Å². The van der Waals surface area contributed by atoms with E-state index in [9.17, 15) is 12.6 Å². The van der Waals surface area contributed by atoms with E-state index in [2.05, 4.69) is 9.97 Å². The smallest absolute Gasteiger partial charge is 0.246 e. The summed E-state index contributed by atoms with van der Waals surface area (Å²) < 4.78 is 36.7. The molecular weight excluding hydrogens is 286 g/mol. The first-order valence-electron chi connectivity index (χ1n) is 4.83. The van der Waals surface area contributed by atoms with Gasteiger partial charge in [-0.25, -0.2) is 18.4 Å². The first kappa shape index (κ1) is 12.9. The second-order valence-electron chi connectivity index (χ2n) is 3.44. The van der Waals surface area contributed by atoms with E-state index in [1.165, 1.54) is 16.7 Å². The van der Waals surface area contributed by atoms with Gasteiger partial charge in [0, 0.05) is 35.4 Å². The fourth-order valence-electron chi connectivity index (χ4n) is 1.44. The van der Waals surface area contributed by atoms with Gasteiger partial charge < -0.3 is 0 Å². The number of rotatable bonds is 2. The van der Waals surface area contributed by atoms with E-state index in [-0.39, 0.29) is 23.3 Å². The van der Waals surface area contributed by atoms with E-state index in [0.717, 1.165) is 0 Å². The Hall–Kier alpha value is -0.570. The SMILES string of the molecule is O=S1CCN(S(=O)(=O)c2cnc(Cl)nc2)CC1. The Morgan fingerprint density at radius 2 is 1.76 bits per heavy atom. The lowest BCUT2D eigenvalue weighted by atomic mass is 10.6. The van der Waals surface area contributed by atoms with Crippen molar-refractivity contribution in [2.45, 2.75) is 4.90 Å². The molecule has 94 valence electrons. The van der Waals surface area contributed by atoms with Crippen LogP contribution in [0.15, 0.2) is 17.3 Å². The van der Waals surface area contributed by atoms with Gasteiger partial charge in [0.05, 0.1) is 12.4 Å². The van der Waals surface area contributed by atoms with Crippen molar-refractivity contribution in [1.29, 1.82) is 0 Å². The van der Waals surface area contributed by atoms with Gasteiger partial charge in [-0.3, -0.25) is 4.21 Å². The van der Waals surface area contributed by atoms with Crippen molar-refractivity contribution in [3.8, 4) is 0 Å². The maximum Gasteiger partial charge on any atom is 0.246 e. The third kappa shape index (κ3) is 2.82. The Morgan fingerprint density at radius 1 is 1.24 bits per heavy atom. The predicted molar refractivity (Wildman–Crippen MR) is 63.7 cm³/mol. The zero-order valence-electron chi connectivity index (χ0n) is 8.74. The molecule has 0 unspecified atom stereocenters. The van der Waals surface area contributed by atoms with Gasteiger partial charge in [0.1, 0.15) is 4.90 Å². The third-order valence-electron chi connectivity index (χ3n) is 2.37. The Kier molecular flexibility index (Phi) is 3.76. The Morgan fingerprint density at radius 3 is 2.29 bits per heavy atom. The van der Waals surface area contributed by atoms with E-state index in [1.807, 2.05) is 0 Å². The minimum absolute atomic E-state index is 0.00342. The molecule has 1 fully saturated rings. The fraction of sp³-hybridized carbons (Fsp3) is 0.500. The zero-order chi connectivity index (χ0) is 12.5. The summed E-state index contributed by atoms with van der Waals surface area (Å²) in [6, 6.07) is 0. The quantitative estimate of drug-likeness (QED) is 0.711. The summed E-state index contributed by atoms with van der Waals surface area (Å²) in [5.74, 6) is 0.737. The van der Waals surface area contributed by atoms with Crippen LogP contribution in [0.3, 0.4) is 0 Å². The van der Waals surface area contributed by atoms with Crippen molar-refractivity contribution in [1.82, 2.24) is 14.3 Å². The largest absolute Gasteiger partial charge is 0.259 e. The summed E-state index contributed by atoms with van der Waals surface area (Å²) in [7, 11) is -4.50. The molecule has 6 nitrogen and oxygen atoms in total. The van der Waals surface area contributed by atoms with Crippen LogP contribution in [0.25, 0.3) is 0 Å². The second kappa shape index (κ2) is 4.97. The van der Waals surface area contributed by atoms with Gasteiger partial charge in [0.15, 0.2) is 0 Å². The van der Waals surface area contributed by atoms with Gasteiger partial charge in [0.2, 0.25) is 15.3 Å². The summed E-state index contributed by atoms with van der Waals surface area (Å²) in [6.45, 7) is 0.523. The van der Waals surface area contributed by atoms with Crippen molar-refractivity contribution in [2.75, 3.05) is 24.6 Å². The number of aromatic nitrogens is 2. The summed E-state index contributed by atoms with van der Waals surface area (Å²) in [4.78, 5) is 7.30. The van der Waals surface area contributed by atoms with Gasteiger partial charge in [-0.2, -0.15) is 4.31 Å². The van der Waals surface area contributed by atoms with Gasteiger partial charge in [-0.1, -0.05) is 0 Å². The molecule has 0 amide bonds. The molecule has 1 aromatic heterocycles. The lowest BCUT2D eigenvalue weighted by Crippen LogP contribution is -2.41. The average Bonchev–Trinajstić information content (AvgIpc) is 2.30. The molecule has 1 aliphatic heterocycles. The summed E-state index contributed by atoms with van der Waals surface area (Å²) in [6.07, 6.45) is 2.35. The summed E-state index contributed by atoms with van der Waals surface area (Å²) in [5, 5.41) is 0.00342. The first-order valence-corrected chi connectivity index (χ1v) is 8.13. The van der Waals surface area contributed by atoms with Crippen LogP contribution in [-0.4, -0.2) is 51.5 Å². The lowest BCUT2D eigenvalue weighted by Gasteiger charge is -2.25. The van der Waals surface area contributed by atoms with Gasteiger partial charge >= 0.3 is 0 Å². The summed E-state index contributed by atoms with van der Waals surface area (Å²) in [5.41, 5.74) is 0. The Bertz CT molecular complexity index is 521. The number of hydrogen-bond acceptors (Lipinski definition) is 5.